The molecule has 1 heterocycles. The minimum atomic E-state index is -0.384. The Morgan fingerprint density at radius 3 is 2.67 bits per heavy atom. The number of likely N-dealkylation sites (N-methyl/N-ethyl adjacent to an activating group) is 1. The van der Waals surface area contributed by atoms with Crippen LogP contribution >= 0.6 is 0 Å². The molecule has 1 amide bonds. The van der Waals surface area contributed by atoms with Gasteiger partial charge in [0.1, 0.15) is 0 Å². The molecule has 2 atom stereocenters. The van der Waals surface area contributed by atoms with E-state index in [1.165, 1.54) is 0 Å². The summed E-state index contributed by atoms with van der Waals surface area (Å²) in [4.78, 5) is 16.4. The Bertz CT molecular complexity index is 285. The van der Waals surface area contributed by atoms with Crippen molar-refractivity contribution in [2.75, 3.05) is 40.4 Å². The SMILES string of the molecule is CCC1(C)NC(C)N(CCN(C)CCOC)C1=O. The number of methoxy groups -OCH3 is 1. The summed E-state index contributed by atoms with van der Waals surface area (Å²) in [6.45, 7) is 9.35. The summed E-state index contributed by atoms with van der Waals surface area (Å²) >= 11 is 0. The smallest absolute Gasteiger partial charge is 0.243 e. The summed E-state index contributed by atoms with van der Waals surface area (Å²) in [6.07, 6.45) is 0.949. The molecular weight excluding hydrogens is 230 g/mol. The van der Waals surface area contributed by atoms with Crippen LogP contribution in [0.3, 0.4) is 0 Å². The van der Waals surface area contributed by atoms with Crippen LogP contribution in [0.1, 0.15) is 27.2 Å². The van der Waals surface area contributed by atoms with Crippen LogP contribution in [0.25, 0.3) is 0 Å². The average molecular weight is 257 g/mol. The Morgan fingerprint density at radius 1 is 1.50 bits per heavy atom. The maximum Gasteiger partial charge on any atom is 0.243 e. The molecule has 5 heteroatoms. The Morgan fingerprint density at radius 2 is 2.17 bits per heavy atom. The van der Waals surface area contributed by atoms with Gasteiger partial charge in [-0.25, -0.2) is 0 Å². The Balaban J connectivity index is 2.45. The van der Waals surface area contributed by atoms with Crippen molar-refractivity contribution in [3.05, 3.63) is 0 Å². The minimum absolute atomic E-state index is 0.123. The van der Waals surface area contributed by atoms with E-state index in [0.717, 1.165) is 32.7 Å². The summed E-state index contributed by atoms with van der Waals surface area (Å²) in [6, 6.07) is 0. The zero-order chi connectivity index (χ0) is 13.8. The molecule has 0 aliphatic carbocycles. The summed E-state index contributed by atoms with van der Waals surface area (Å²) in [5.41, 5.74) is -0.384. The average Bonchev–Trinajstić information content (AvgIpc) is 2.56. The Kier molecular flexibility index (Phi) is 5.56. The molecule has 1 aliphatic rings. The highest BCUT2D eigenvalue weighted by Gasteiger charge is 2.44. The lowest BCUT2D eigenvalue weighted by molar-refractivity contribution is -0.132. The number of hydrogen-bond acceptors (Lipinski definition) is 4. The van der Waals surface area contributed by atoms with Crippen molar-refractivity contribution in [2.45, 2.75) is 38.9 Å². The van der Waals surface area contributed by atoms with Gasteiger partial charge in [-0.2, -0.15) is 0 Å². The van der Waals surface area contributed by atoms with Gasteiger partial charge in [0, 0.05) is 26.7 Å². The lowest BCUT2D eigenvalue weighted by Gasteiger charge is -2.25. The monoisotopic (exact) mass is 257 g/mol. The van der Waals surface area contributed by atoms with E-state index in [0.29, 0.717) is 0 Å². The van der Waals surface area contributed by atoms with Gasteiger partial charge in [0.15, 0.2) is 0 Å². The Labute approximate surface area is 110 Å². The zero-order valence-electron chi connectivity index (χ0n) is 12.3. The number of amides is 1. The highest BCUT2D eigenvalue weighted by Crippen LogP contribution is 2.22. The van der Waals surface area contributed by atoms with Gasteiger partial charge in [0.05, 0.1) is 18.3 Å². The van der Waals surface area contributed by atoms with Gasteiger partial charge < -0.3 is 14.5 Å². The maximum atomic E-state index is 12.3. The van der Waals surface area contributed by atoms with Gasteiger partial charge in [0.2, 0.25) is 5.91 Å². The first-order valence-electron chi connectivity index (χ1n) is 6.71. The molecule has 0 saturated carbocycles. The summed E-state index contributed by atoms with van der Waals surface area (Å²) in [5, 5.41) is 3.38. The summed E-state index contributed by atoms with van der Waals surface area (Å²) in [5.74, 6) is 0.220. The van der Waals surface area contributed by atoms with Crippen LogP contribution in [0.4, 0.5) is 0 Å². The van der Waals surface area contributed by atoms with Crippen LogP contribution < -0.4 is 5.32 Å². The van der Waals surface area contributed by atoms with Crippen LogP contribution in [-0.4, -0.2) is 67.8 Å². The van der Waals surface area contributed by atoms with Crippen LogP contribution in [-0.2, 0) is 9.53 Å². The van der Waals surface area contributed by atoms with Crippen molar-refractivity contribution >= 4 is 5.91 Å². The second-order valence-corrected chi connectivity index (χ2v) is 5.30. The van der Waals surface area contributed by atoms with Crippen LogP contribution in [0.15, 0.2) is 0 Å². The second-order valence-electron chi connectivity index (χ2n) is 5.30. The van der Waals surface area contributed by atoms with Gasteiger partial charge in [-0.3, -0.25) is 10.1 Å². The molecule has 0 bridgehead atoms. The number of nitrogens with one attached hydrogen (secondary N) is 1. The standard InChI is InChI=1S/C13H27N3O2/c1-6-13(3)12(17)16(11(2)14-13)8-7-15(4)9-10-18-5/h11,14H,6-10H2,1-5H3. The first-order valence-corrected chi connectivity index (χ1v) is 6.71. The van der Waals surface area contributed by atoms with Gasteiger partial charge in [0.25, 0.3) is 0 Å². The number of carbonyl (C=O) groups excluding carboxylic acids is 1. The minimum Gasteiger partial charge on any atom is -0.383 e. The zero-order valence-corrected chi connectivity index (χ0v) is 12.3. The predicted octanol–water partition coefficient (Wildman–Crippen LogP) is 0.511. The molecule has 0 aromatic rings. The molecule has 0 aromatic heterocycles. The molecular formula is C13H27N3O2. The molecule has 0 radical (unpaired) electrons. The van der Waals surface area contributed by atoms with Crippen molar-refractivity contribution in [3.63, 3.8) is 0 Å². The fourth-order valence-electron chi connectivity index (χ4n) is 2.28. The largest absolute Gasteiger partial charge is 0.383 e. The molecule has 1 fully saturated rings. The van der Waals surface area contributed by atoms with Gasteiger partial charge in [-0.15, -0.1) is 0 Å². The van der Waals surface area contributed by atoms with Crippen molar-refractivity contribution in [1.82, 2.24) is 15.1 Å². The van der Waals surface area contributed by atoms with Crippen molar-refractivity contribution in [2.24, 2.45) is 0 Å². The lowest BCUT2D eigenvalue weighted by atomic mass is 9.99. The third kappa shape index (κ3) is 3.43. The third-order valence-electron chi connectivity index (χ3n) is 3.83. The number of ether oxygens (including phenoxy) is 1. The van der Waals surface area contributed by atoms with E-state index in [9.17, 15) is 4.79 Å². The number of carbonyl (C=O) groups is 1. The predicted molar refractivity (Wildman–Crippen MR) is 72.4 cm³/mol. The fraction of sp³-hybridized carbons (Fsp3) is 0.923. The first kappa shape index (κ1) is 15.4. The molecule has 1 aliphatic heterocycles. The van der Waals surface area contributed by atoms with Crippen LogP contribution in [0.2, 0.25) is 0 Å². The van der Waals surface area contributed by atoms with Crippen molar-refractivity contribution in [1.29, 1.82) is 0 Å². The molecule has 1 saturated heterocycles. The van der Waals surface area contributed by atoms with Gasteiger partial charge in [-0.05, 0) is 27.3 Å². The molecule has 106 valence electrons. The number of nitrogens with zero attached hydrogens (tertiary/aromatic N) is 2. The van der Waals surface area contributed by atoms with E-state index in [1.54, 1.807) is 7.11 Å². The molecule has 5 nitrogen and oxygen atoms in total. The first-order chi connectivity index (χ1) is 8.44. The molecule has 0 aromatic carbocycles. The van der Waals surface area contributed by atoms with Gasteiger partial charge in [-0.1, -0.05) is 6.92 Å². The van der Waals surface area contributed by atoms with E-state index < -0.39 is 0 Å². The van der Waals surface area contributed by atoms with E-state index in [2.05, 4.69) is 17.3 Å². The second kappa shape index (κ2) is 6.50. The normalized spacial score (nSPS) is 28.4. The fourth-order valence-corrected chi connectivity index (χ4v) is 2.28. The summed E-state index contributed by atoms with van der Waals surface area (Å²) in [7, 11) is 3.76. The number of rotatable bonds is 7. The summed E-state index contributed by atoms with van der Waals surface area (Å²) < 4.78 is 5.04. The lowest BCUT2D eigenvalue weighted by Crippen LogP contribution is -2.43. The van der Waals surface area contributed by atoms with Gasteiger partial charge >= 0.3 is 0 Å². The van der Waals surface area contributed by atoms with E-state index in [1.807, 2.05) is 25.7 Å². The quantitative estimate of drug-likeness (QED) is 0.722. The molecule has 0 spiro atoms. The van der Waals surface area contributed by atoms with Crippen molar-refractivity contribution < 1.29 is 9.53 Å². The Hall–Kier alpha value is -0.650. The molecule has 1 N–H and O–H groups in total. The topological polar surface area (TPSA) is 44.8 Å². The molecule has 18 heavy (non-hydrogen) atoms. The van der Waals surface area contributed by atoms with Crippen LogP contribution in [0, 0.1) is 0 Å². The van der Waals surface area contributed by atoms with Crippen molar-refractivity contribution in [3.8, 4) is 0 Å². The van der Waals surface area contributed by atoms with E-state index >= 15 is 0 Å². The molecule has 1 rings (SSSR count). The third-order valence-corrected chi connectivity index (χ3v) is 3.83. The maximum absolute atomic E-state index is 12.3. The van der Waals surface area contributed by atoms with E-state index in [4.69, 9.17) is 4.74 Å². The van der Waals surface area contributed by atoms with Crippen LogP contribution in [0.5, 0.6) is 0 Å². The van der Waals surface area contributed by atoms with E-state index in [-0.39, 0.29) is 17.6 Å². The highest BCUT2D eigenvalue weighted by atomic mass is 16.5. The highest BCUT2D eigenvalue weighted by molar-refractivity contribution is 5.88. The number of hydrogen-bond donors (Lipinski definition) is 1. The molecule has 2 unspecified atom stereocenters.